The van der Waals surface area contributed by atoms with Gasteiger partial charge in [-0.2, -0.15) is 0 Å². The van der Waals surface area contributed by atoms with E-state index in [2.05, 4.69) is 14.4 Å². The van der Waals surface area contributed by atoms with Crippen LogP contribution in [0.1, 0.15) is 6.92 Å². The minimum absolute atomic E-state index is 0. The van der Waals surface area contributed by atoms with Crippen molar-refractivity contribution in [1.82, 2.24) is 0 Å². The number of aliphatic hydroxyl groups excluding tert-OH is 1. The summed E-state index contributed by atoms with van der Waals surface area (Å²) in [6.45, 7) is 14.5. The number of ether oxygens (including phenoxy) is 1. The van der Waals surface area contributed by atoms with Gasteiger partial charge in [0.25, 0.3) is 0 Å². The fraction of sp³-hybridized carbons (Fsp3) is 0.286. The van der Waals surface area contributed by atoms with E-state index in [0.29, 0.717) is 0 Å². The number of nitrogens with zero attached hydrogens (tertiary/aromatic N) is 2. The standard InChI is InChI=1S/C7H6N2O3.Zn/c1-4-12-7(11)5(8-2)6(10)9-3;/h10H,4H2,1H3;/b6-5+;. The Morgan fingerprint density at radius 2 is 2.00 bits per heavy atom. The Labute approximate surface area is 88.4 Å². The van der Waals surface area contributed by atoms with Crippen molar-refractivity contribution in [2.24, 2.45) is 0 Å². The first-order valence-electron chi connectivity index (χ1n) is 3.02. The smallest absolute Gasteiger partial charge is 0.351 e. The molecule has 0 saturated carbocycles. The number of esters is 1. The van der Waals surface area contributed by atoms with Crippen LogP contribution in [0.4, 0.5) is 0 Å². The van der Waals surface area contributed by atoms with Gasteiger partial charge in [0.15, 0.2) is 0 Å². The van der Waals surface area contributed by atoms with Gasteiger partial charge in [0.1, 0.15) is 0 Å². The Balaban J connectivity index is 0. The zero-order chi connectivity index (χ0) is 9.56. The van der Waals surface area contributed by atoms with Gasteiger partial charge in [0, 0.05) is 19.5 Å². The van der Waals surface area contributed by atoms with Crippen molar-refractivity contribution < 1.29 is 34.1 Å². The van der Waals surface area contributed by atoms with Gasteiger partial charge >= 0.3 is 17.5 Å². The average molecular weight is 232 g/mol. The number of hydrogen-bond donors (Lipinski definition) is 1. The van der Waals surface area contributed by atoms with E-state index in [1.165, 1.54) is 0 Å². The first-order chi connectivity index (χ1) is 5.67. The van der Waals surface area contributed by atoms with Crippen LogP contribution in [0.2, 0.25) is 0 Å². The van der Waals surface area contributed by atoms with Gasteiger partial charge in [0.05, 0.1) is 19.8 Å². The van der Waals surface area contributed by atoms with Crippen LogP contribution in [0.15, 0.2) is 11.6 Å². The molecule has 0 aliphatic heterocycles. The van der Waals surface area contributed by atoms with Crippen LogP contribution < -0.4 is 0 Å². The SMILES string of the molecule is [C-]#[N+]/C(O)=C(\[N+]#[C-])C(=O)OCC.[Zn]. The molecule has 0 aliphatic carbocycles. The van der Waals surface area contributed by atoms with Gasteiger partial charge in [-0.3, -0.25) is 4.79 Å². The predicted molar refractivity (Wildman–Crippen MR) is 39.5 cm³/mol. The number of hydrogen-bond acceptors (Lipinski definition) is 3. The molecule has 0 heterocycles. The van der Waals surface area contributed by atoms with Crippen molar-refractivity contribution in [1.29, 1.82) is 0 Å². The summed E-state index contributed by atoms with van der Waals surface area (Å²) >= 11 is 0. The van der Waals surface area contributed by atoms with Crippen LogP contribution >= 0.6 is 0 Å². The zero-order valence-corrected chi connectivity index (χ0v) is 10.0. The van der Waals surface area contributed by atoms with E-state index in [-0.39, 0.29) is 26.1 Å². The molecule has 13 heavy (non-hydrogen) atoms. The van der Waals surface area contributed by atoms with E-state index in [4.69, 9.17) is 18.3 Å². The second kappa shape index (κ2) is 7.27. The molecule has 0 fully saturated rings. The topological polar surface area (TPSA) is 55.2 Å². The van der Waals surface area contributed by atoms with Gasteiger partial charge in [-0.25, -0.2) is 9.69 Å². The minimum atomic E-state index is -0.971. The molecular formula is C7H6N2O3Zn. The maximum atomic E-state index is 10.8. The van der Waals surface area contributed by atoms with Crippen molar-refractivity contribution in [2.45, 2.75) is 6.92 Å². The van der Waals surface area contributed by atoms with Crippen LogP contribution in [0.3, 0.4) is 0 Å². The van der Waals surface area contributed by atoms with Gasteiger partial charge in [0.2, 0.25) is 0 Å². The second-order valence-electron chi connectivity index (χ2n) is 1.62. The van der Waals surface area contributed by atoms with Crippen molar-refractivity contribution in [3.63, 3.8) is 0 Å². The molecule has 5 nitrogen and oxygen atoms in total. The Morgan fingerprint density at radius 3 is 2.31 bits per heavy atom. The quantitative estimate of drug-likeness (QED) is 0.255. The Morgan fingerprint density at radius 1 is 1.46 bits per heavy atom. The third-order valence-electron chi connectivity index (χ3n) is 0.898. The van der Waals surface area contributed by atoms with Crippen LogP contribution in [0, 0.1) is 13.1 Å². The number of rotatable bonds is 2. The molecule has 0 radical (unpaired) electrons. The molecule has 0 aromatic carbocycles. The predicted octanol–water partition coefficient (Wildman–Crippen LogP) is 1.11. The molecule has 0 bridgehead atoms. The molecule has 0 aromatic heterocycles. The summed E-state index contributed by atoms with van der Waals surface area (Å²) in [5.41, 5.74) is -0.674. The fourth-order valence-corrected chi connectivity index (χ4v) is 0.439. The first kappa shape index (κ1) is 14.2. The third-order valence-corrected chi connectivity index (χ3v) is 0.898. The van der Waals surface area contributed by atoms with E-state index in [0.717, 1.165) is 0 Å². The normalized spacial score (nSPS) is 9.77. The summed E-state index contributed by atoms with van der Waals surface area (Å²) < 4.78 is 4.40. The van der Waals surface area contributed by atoms with Gasteiger partial charge < -0.3 is 9.84 Å². The molecule has 0 aliphatic rings. The summed E-state index contributed by atoms with van der Waals surface area (Å²) in [5.74, 6) is -1.90. The summed E-state index contributed by atoms with van der Waals surface area (Å²) in [6, 6.07) is 0. The van der Waals surface area contributed by atoms with Crippen LogP contribution in [0.5, 0.6) is 0 Å². The second-order valence-corrected chi connectivity index (χ2v) is 1.62. The fourth-order valence-electron chi connectivity index (χ4n) is 0.439. The van der Waals surface area contributed by atoms with Crippen molar-refractivity contribution in [2.75, 3.05) is 6.61 Å². The number of carbonyl (C=O) groups is 1. The molecule has 0 aromatic rings. The molecule has 0 spiro atoms. The van der Waals surface area contributed by atoms with Crippen LogP contribution in [0.25, 0.3) is 9.69 Å². The van der Waals surface area contributed by atoms with Crippen molar-refractivity contribution in [3.05, 3.63) is 34.4 Å². The summed E-state index contributed by atoms with van der Waals surface area (Å²) in [6.07, 6.45) is 0. The third kappa shape index (κ3) is 4.25. The molecule has 1 N–H and O–H groups in total. The first-order valence-corrected chi connectivity index (χ1v) is 3.02. The molecule has 0 saturated heterocycles. The molecule has 6 heteroatoms. The van der Waals surface area contributed by atoms with Crippen LogP contribution in [-0.2, 0) is 29.0 Å². The van der Waals surface area contributed by atoms with E-state index in [1.807, 2.05) is 0 Å². The van der Waals surface area contributed by atoms with E-state index >= 15 is 0 Å². The van der Waals surface area contributed by atoms with Gasteiger partial charge in [-0.15, -0.1) is 0 Å². The largest absolute Gasteiger partial charge is 0.540 e. The van der Waals surface area contributed by atoms with Gasteiger partial charge in [-0.05, 0) is 6.92 Å². The number of aliphatic hydroxyl groups is 1. The van der Waals surface area contributed by atoms with Crippen LogP contribution in [-0.4, -0.2) is 17.7 Å². The van der Waals surface area contributed by atoms with E-state index in [1.54, 1.807) is 6.92 Å². The molecule has 0 rings (SSSR count). The monoisotopic (exact) mass is 230 g/mol. The van der Waals surface area contributed by atoms with Crippen molar-refractivity contribution >= 4 is 5.97 Å². The maximum Gasteiger partial charge on any atom is 0.351 e. The molecule has 0 atom stereocenters. The minimum Gasteiger partial charge on any atom is -0.540 e. The Bertz CT molecular complexity index is 298. The van der Waals surface area contributed by atoms with E-state index < -0.39 is 17.5 Å². The Hall–Kier alpha value is -1.39. The van der Waals surface area contributed by atoms with E-state index in [9.17, 15) is 4.79 Å². The molecule has 64 valence electrons. The van der Waals surface area contributed by atoms with Gasteiger partial charge in [-0.1, -0.05) is 0 Å². The summed E-state index contributed by atoms with van der Waals surface area (Å²) in [4.78, 5) is 16.0. The molecule has 0 amide bonds. The average Bonchev–Trinajstić information content (AvgIpc) is 2.06. The maximum absolute atomic E-state index is 10.8. The molecular weight excluding hydrogens is 225 g/mol. The summed E-state index contributed by atoms with van der Waals surface area (Å²) in [5, 5.41) is 8.73. The number of carbonyl (C=O) groups excluding carboxylic acids is 1. The summed E-state index contributed by atoms with van der Waals surface area (Å²) in [7, 11) is 0. The molecule has 0 unspecified atom stereocenters. The Kier molecular flexibility index (Phi) is 7.92. The van der Waals surface area contributed by atoms with Crippen molar-refractivity contribution in [3.8, 4) is 0 Å². The zero-order valence-electron chi connectivity index (χ0n) is 7.07.